The highest BCUT2D eigenvalue weighted by atomic mass is 16.2. The van der Waals surface area contributed by atoms with E-state index in [4.69, 9.17) is 0 Å². The molecule has 0 aromatic heterocycles. The second kappa shape index (κ2) is 5.14. The first kappa shape index (κ1) is 14.4. The van der Waals surface area contributed by atoms with Gasteiger partial charge < -0.3 is 10.2 Å². The van der Waals surface area contributed by atoms with Gasteiger partial charge in [-0.25, -0.2) is 0 Å². The first-order valence-corrected chi connectivity index (χ1v) is 7.49. The number of carbonyl (C=O) groups excluding carboxylic acids is 2. The van der Waals surface area contributed by atoms with E-state index in [0.29, 0.717) is 18.4 Å². The van der Waals surface area contributed by atoms with Gasteiger partial charge in [-0.15, -0.1) is 0 Å². The third-order valence-corrected chi connectivity index (χ3v) is 4.82. The number of hydrogen-bond acceptors (Lipinski definition) is 2. The van der Waals surface area contributed by atoms with Gasteiger partial charge in [0, 0.05) is 19.5 Å². The summed E-state index contributed by atoms with van der Waals surface area (Å²) in [4.78, 5) is 26.2. The number of nitrogens with one attached hydrogen (secondary N) is 1. The number of carbonyl (C=O) groups is 2. The maximum atomic E-state index is 12.6. The van der Waals surface area contributed by atoms with Crippen molar-refractivity contribution < 1.29 is 9.59 Å². The smallest absolute Gasteiger partial charge is 0.247 e. The number of hydrogen-bond donors (Lipinski definition) is 1. The standard InChI is InChI=1S/C15H26N2O2/c1-4-15(8-5-6-9-15)11-17-10-7-12(18)16-14(2,3)13(17)19/h4-11H2,1-3H3,(H,16,18). The normalized spacial score (nSPS) is 26.2. The van der Waals surface area contributed by atoms with Crippen molar-refractivity contribution in [1.29, 1.82) is 0 Å². The summed E-state index contributed by atoms with van der Waals surface area (Å²) in [6.07, 6.45) is 6.53. The van der Waals surface area contributed by atoms with Gasteiger partial charge in [0.05, 0.1) is 0 Å². The monoisotopic (exact) mass is 266 g/mol. The van der Waals surface area contributed by atoms with Crippen molar-refractivity contribution in [2.75, 3.05) is 13.1 Å². The van der Waals surface area contributed by atoms with Crippen LogP contribution >= 0.6 is 0 Å². The SMILES string of the molecule is CCC1(CN2CCC(=O)NC(C)(C)C2=O)CCCC1. The Labute approximate surface area is 115 Å². The lowest BCUT2D eigenvalue weighted by atomic mass is 9.82. The Morgan fingerprint density at radius 2 is 1.84 bits per heavy atom. The van der Waals surface area contributed by atoms with Crippen LogP contribution in [0.5, 0.6) is 0 Å². The van der Waals surface area contributed by atoms with Gasteiger partial charge >= 0.3 is 0 Å². The zero-order chi connectivity index (χ0) is 14.1. The zero-order valence-corrected chi connectivity index (χ0v) is 12.4. The molecule has 2 amide bonds. The third-order valence-electron chi connectivity index (χ3n) is 4.82. The van der Waals surface area contributed by atoms with Crippen molar-refractivity contribution in [2.45, 2.75) is 64.8 Å². The molecule has 1 aliphatic heterocycles. The van der Waals surface area contributed by atoms with Crippen molar-refractivity contribution >= 4 is 11.8 Å². The number of rotatable bonds is 3. The van der Waals surface area contributed by atoms with Crippen molar-refractivity contribution in [1.82, 2.24) is 10.2 Å². The third kappa shape index (κ3) is 2.93. The summed E-state index contributed by atoms with van der Waals surface area (Å²) in [5.74, 6) is 0.0518. The molecule has 4 heteroatoms. The molecule has 0 atom stereocenters. The average molecular weight is 266 g/mol. The summed E-state index contributed by atoms with van der Waals surface area (Å²) in [7, 11) is 0. The summed E-state index contributed by atoms with van der Waals surface area (Å²) in [6, 6.07) is 0. The van der Waals surface area contributed by atoms with E-state index >= 15 is 0 Å². The lowest BCUT2D eigenvalue weighted by Gasteiger charge is -2.36. The van der Waals surface area contributed by atoms with E-state index in [1.165, 1.54) is 25.7 Å². The van der Waals surface area contributed by atoms with E-state index in [-0.39, 0.29) is 11.8 Å². The van der Waals surface area contributed by atoms with Gasteiger partial charge in [-0.05, 0) is 38.5 Å². The van der Waals surface area contributed by atoms with Crippen LogP contribution in [-0.2, 0) is 9.59 Å². The van der Waals surface area contributed by atoms with Crippen LogP contribution in [0.25, 0.3) is 0 Å². The Kier molecular flexibility index (Phi) is 3.88. The second-order valence-electron chi connectivity index (χ2n) is 6.71. The molecule has 0 bridgehead atoms. The molecule has 1 aliphatic carbocycles. The molecular formula is C15H26N2O2. The molecule has 19 heavy (non-hydrogen) atoms. The van der Waals surface area contributed by atoms with E-state index < -0.39 is 5.54 Å². The maximum absolute atomic E-state index is 12.6. The van der Waals surface area contributed by atoms with Crippen LogP contribution < -0.4 is 5.32 Å². The fraction of sp³-hybridized carbons (Fsp3) is 0.867. The molecule has 2 fully saturated rings. The van der Waals surface area contributed by atoms with Gasteiger partial charge in [0.25, 0.3) is 0 Å². The molecule has 0 aromatic rings. The van der Waals surface area contributed by atoms with E-state index in [1.807, 2.05) is 4.90 Å². The van der Waals surface area contributed by atoms with Gasteiger partial charge in [0.2, 0.25) is 11.8 Å². The van der Waals surface area contributed by atoms with Crippen molar-refractivity contribution in [3.63, 3.8) is 0 Å². The van der Waals surface area contributed by atoms with Crippen molar-refractivity contribution in [3.8, 4) is 0 Å². The van der Waals surface area contributed by atoms with Crippen LogP contribution in [-0.4, -0.2) is 35.3 Å². The Morgan fingerprint density at radius 1 is 1.21 bits per heavy atom. The topological polar surface area (TPSA) is 49.4 Å². The molecule has 1 saturated carbocycles. The summed E-state index contributed by atoms with van der Waals surface area (Å²) in [5.41, 5.74) is -0.472. The van der Waals surface area contributed by atoms with Crippen LogP contribution in [0.15, 0.2) is 0 Å². The fourth-order valence-electron chi connectivity index (χ4n) is 3.50. The number of nitrogens with zero attached hydrogens (tertiary/aromatic N) is 1. The zero-order valence-electron chi connectivity index (χ0n) is 12.4. The van der Waals surface area contributed by atoms with E-state index in [2.05, 4.69) is 12.2 Å². The quantitative estimate of drug-likeness (QED) is 0.850. The molecular weight excluding hydrogens is 240 g/mol. The largest absolute Gasteiger partial charge is 0.342 e. The molecule has 0 radical (unpaired) electrons. The second-order valence-corrected chi connectivity index (χ2v) is 6.71. The predicted molar refractivity (Wildman–Crippen MR) is 74.6 cm³/mol. The molecule has 108 valence electrons. The minimum absolute atomic E-state index is 0.0159. The highest BCUT2D eigenvalue weighted by Gasteiger charge is 2.41. The Balaban J connectivity index is 2.14. The molecule has 0 aromatic carbocycles. The van der Waals surface area contributed by atoms with E-state index in [9.17, 15) is 9.59 Å². The van der Waals surface area contributed by atoms with Gasteiger partial charge in [0.15, 0.2) is 0 Å². The molecule has 0 spiro atoms. The van der Waals surface area contributed by atoms with Gasteiger partial charge in [-0.3, -0.25) is 9.59 Å². The molecule has 1 saturated heterocycles. The summed E-state index contributed by atoms with van der Waals surface area (Å²) < 4.78 is 0. The van der Waals surface area contributed by atoms with Crippen LogP contribution in [0.2, 0.25) is 0 Å². The molecule has 2 rings (SSSR count). The van der Waals surface area contributed by atoms with E-state index in [0.717, 1.165) is 13.0 Å². The highest BCUT2D eigenvalue weighted by Crippen LogP contribution is 2.42. The van der Waals surface area contributed by atoms with Gasteiger partial charge in [0.1, 0.15) is 5.54 Å². The average Bonchev–Trinajstić information content (AvgIpc) is 2.78. The maximum Gasteiger partial charge on any atom is 0.247 e. The van der Waals surface area contributed by atoms with Crippen LogP contribution in [0, 0.1) is 5.41 Å². The van der Waals surface area contributed by atoms with Gasteiger partial charge in [-0.2, -0.15) is 0 Å². The minimum Gasteiger partial charge on any atom is -0.342 e. The Bertz CT molecular complexity index is 370. The number of amides is 2. The van der Waals surface area contributed by atoms with Crippen LogP contribution in [0.3, 0.4) is 0 Å². The summed E-state index contributed by atoms with van der Waals surface area (Å²) in [5, 5.41) is 2.82. The minimum atomic E-state index is -0.763. The molecule has 4 nitrogen and oxygen atoms in total. The molecule has 0 unspecified atom stereocenters. The lowest BCUT2D eigenvalue weighted by molar-refractivity contribution is -0.138. The predicted octanol–water partition coefficient (Wildman–Crippen LogP) is 2.08. The summed E-state index contributed by atoms with van der Waals surface area (Å²) in [6.45, 7) is 7.22. The van der Waals surface area contributed by atoms with Crippen molar-refractivity contribution in [3.05, 3.63) is 0 Å². The Morgan fingerprint density at radius 3 is 2.42 bits per heavy atom. The van der Waals surface area contributed by atoms with Crippen LogP contribution in [0.4, 0.5) is 0 Å². The Hall–Kier alpha value is -1.06. The lowest BCUT2D eigenvalue weighted by Crippen LogP contribution is -2.54. The van der Waals surface area contributed by atoms with E-state index in [1.54, 1.807) is 13.8 Å². The van der Waals surface area contributed by atoms with Gasteiger partial charge in [-0.1, -0.05) is 19.8 Å². The molecule has 1 heterocycles. The highest BCUT2D eigenvalue weighted by molar-refractivity contribution is 5.92. The van der Waals surface area contributed by atoms with Crippen molar-refractivity contribution in [2.24, 2.45) is 5.41 Å². The molecule has 1 N–H and O–H groups in total. The van der Waals surface area contributed by atoms with Crippen LogP contribution in [0.1, 0.15) is 59.3 Å². The first-order valence-electron chi connectivity index (χ1n) is 7.49. The first-order chi connectivity index (χ1) is 8.88. The summed E-state index contributed by atoms with van der Waals surface area (Å²) >= 11 is 0. The molecule has 2 aliphatic rings. The fourth-order valence-corrected chi connectivity index (χ4v) is 3.50.